The molecule has 0 spiro atoms. The monoisotopic (exact) mass is 223 g/mol. The van der Waals surface area contributed by atoms with Gasteiger partial charge in [0.1, 0.15) is 0 Å². The normalized spacial score (nSPS) is 29.3. The van der Waals surface area contributed by atoms with Gasteiger partial charge in [-0.2, -0.15) is 0 Å². The molecule has 0 saturated heterocycles. The van der Waals surface area contributed by atoms with Crippen LogP contribution < -0.4 is 5.73 Å². The van der Waals surface area contributed by atoms with Crippen molar-refractivity contribution in [2.75, 3.05) is 0 Å². The number of rotatable bonds is 1. The smallest absolute Gasteiger partial charge is 0.0461 e. The summed E-state index contributed by atoms with van der Waals surface area (Å²) in [6.45, 7) is 4.52. The zero-order valence-corrected chi connectivity index (χ0v) is 10.1. The predicted octanol–water partition coefficient (Wildman–Crippen LogP) is 3.70. The summed E-state index contributed by atoms with van der Waals surface area (Å²) in [5.41, 5.74) is 7.78. The van der Waals surface area contributed by atoms with Gasteiger partial charge in [0, 0.05) is 10.6 Å². The van der Waals surface area contributed by atoms with Crippen molar-refractivity contribution in [2.45, 2.75) is 38.6 Å². The molecule has 0 aromatic heterocycles. The fraction of sp³-hybridized carbons (Fsp3) is 0.538. The van der Waals surface area contributed by atoms with Crippen LogP contribution in [0.4, 0.5) is 0 Å². The Morgan fingerprint density at radius 3 is 2.20 bits per heavy atom. The van der Waals surface area contributed by atoms with Gasteiger partial charge < -0.3 is 5.73 Å². The van der Waals surface area contributed by atoms with E-state index in [-0.39, 0.29) is 11.0 Å². The molecule has 0 amide bonds. The maximum Gasteiger partial charge on any atom is 0.0461 e. The Balaban J connectivity index is 2.41. The van der Waals surface area contributed by atoms with E-state index in [9.17, 15) is 0 Å². The minimum absolute atomic E-state index is 0.181. The minimum Gasteiger partial charge on any atom is -0.321 e. The molecule has 1 saturated carbocycles. The second-order valence-corrected chi connectivity index (χ2v) is 5.65. The van der Waals surface area contributed by atoms with E-state index in [0.29, 0.717) is 0 Å². The van der Waals surface area contributed by atoms with E-state index in [4.69, 9.17) is 17.3 Å². The summed E-state index contributed by atoms with van der Waals surface area (Å²) in [6, 6.07) is 7.99. The average Bonchev–Trinajstić information content (AvgIpc) is 2.43. The van der Waals surface area contributed by atoms with Gasteiger partial charge in [-0.1, -0.05) is 44.0 Å². The molecule has 0 radical (unpaired) electrons. The van der Waals surface area contributed by atoms with E-state index < -0.39 is 0 Å². The molecule has 0 bridgehead atoms. The van der Waals surface area contributed by atoms with Gasteiger partial charge in [-0.3, -0.25) is 0 Å². The van der Waals surface area contributed by atoms with Gasteiger partial charge >= 0.3 is 0 Å². The molecule has 0 heterocycles. The fourth-order valence-electron chi connectivity index (χ4n) is 2.65. The molecule has 2 N–H and O–H groups in total. The van der Waals surface area contributed by atoms with Crippen LogP contribution in [0.5, 0.6) is 0 Å². The standard InChI is InChI=1S/C13H18ClN/c1-12(2)8-3-9-13(12,15)10-4-6-11(14)7-5-10/h4-7H,3,8-9,15H2,1-2H3. The van der Waals surface area contributed by atoms with Crippen molar-refractivity contribution >= 4 is 11.6 Å². The largest absolute Gasteiger partial charge is 0.321 e. The molecular formula is C13H18ClN. The van der Waals surface area contributed by atoms with Gasteiger partial charge in [0.15, 0.2) is 0 Å². The van der Waals surface area contributed by atoms with Crippen molar-refractivity contribution in [2.24, 2.45) is 11.1 Å². The van der Waals surface area contributed by atoms with E-state index >= 15 is 0 Å². The molecule has 1 aromatic carbocycles. The fourth-order valence-corrected chi connectivity index (χ4v) is 2.78. The molecule has 2 rings (SSSR count). The van der Waals surface area contributed by atoms with Crippen LogP contribution in [0.3, 0.4) is 0 Å². The lowest BCUT2D eigenvalue weighted by molar-refractivity contribution is 0.210. The number of nitrogens with two attached hydrogens (primary N) is 1. The zero-order chi connectivity index (χ0) is 11.1. The average molecular weight is 224 g/mol. The quantitative estimate of drug-likeness (QED) is 0.772. The highest BCUT2D eigenvalue weighted by atomic mass is 35.5. The molecule has 1 fully saturated rings. The molecule has 1 unspecified atom stereocenters. The minimum atomic E-state index is -0.183. The third kappa shape index (κ3) is 1.68. The van der Waals surface area contributed by atoms with Gasteiger partial charge in [0.25, 0.3) is 0 Å². The number of hydrogen-bond acceptors (Lipinski definition) is 1. The maximum atomic E-state index is 6.57. The molecule has 15 heavy (non-hydrogen) atoms. The van der Waals surface area contributed by atoms with Crippen LogP contribution in [0.25, 0.3) is 0 Å². The van der Waals surface area contributed by atoms with E-state index in [1.54, 1.807) is 0 Å². The van der Waals surface area contributed by atoms with Crippen LogP contribution >= 0.6 is 11.6 Å². The van der Waals surface area contributed by atoms with Crippen molar-refractivity contribution in [3.63, 3.8) is 0 Å². The van der Waals surface area contributed by atoms with Crippen LogP contribution in [0.2, 0.25) is 5.02 Å². The molecule has 2 heteroatoms. The van der Waals surface area contributed by atoms with Crippen LogP contribution in [-0.4, -0.2) is 0 Å². The molecule has 0 aliphatic heterocycles. The molecule has 1 aromatic rings. The second kappa shape index (κ2) is 3.50. The van der Waals surface area contributed by atoms with Gasteiger partial charge in [-0.25, -0.2) is 0 Å². The molecule has 1 atom stereocenters. The van der Waals surface area contributed by atoms with Gasteiger partial charge in [0.05, 0.1) is 0 Å². The Bertz CT molecular complexity index is 355. The molecular weight excluding hydrogens is 206 g/mol. The third-order valence-corrected chi connectivity index (χ3v) is 4.19. The van der Waals surface area contributed by atoms with Crippen LogP contribution in [0, 0.1) is 5.41 Å². The first-order valence-electron chi connectivity index (χ1n) is 5.51. The van der Waals surface area contributed by atoms with Crippen molar-refractivity contribution in [1.29, 1.82) is 0 Å². The Labute approximate surface area is 96.6 Å². The maximum absolute atomic E-state index is 6.57. The number of benzene rings is 1. The molecule has 82 valence electrons. The second-order valence-electron chi connectivity index (χ2n) is 5.22. The Morgan fingerprint density at radius 1 is 1.13 bits per heavy atom. The SMILES string of the molecule is CC1(C)CCCC1(N)c1ccc(Cl)cc1. The third-order valence-electron chi connectivity index (χ3n) is 3.94. The lowest BCUT2D eigenvalue weighted by Crippen LogP contribution is -2.45. The van der Waals surface area contributed by atoms with Gasteiger partial charge in [-0.05, 0) is 36.0 Å². The lowest BCUT2D eigenvalue weighted by atomic mass is 9.71. The zero-order valence-electron chi connectivity index (χ0n) is 9.39. The summed E-state index contributed by atoms with van der Waals surface area (Å²) < 4.78 is 0. The summed E-state index contributed by atoms with van der Waals surface area (Å²) in [5.74, 6) is 0. The summed E-state index contributed by atoms with van der Waals surface area (Å²) in [7, 11) is 0. The van der Waals surface area contributed by atoms with E-state index in [1.165, 1.54) is 18.4 Å². The van der Waals surface area contributed by atoms with Crippen LogP contribution in [0.15, 0.2) is 24.3 Å². The van der Waals surface area contributed by atoms with Crippen molar-refractivity contribution in [3.8, 4) is 0 Å². The number of halogens is 1. The van der Waals surface area contributed by atoms with Crippen molar-refractivity contribution in [1.82, 2.24) is 0 Å². The topological polar surface area (TPSA) is 26.0 Å². The van der Waals surface area contributed by atoms with Crippen molar-refractivity contribution < 1.29 is 0 Å². The van der Waals surface area contributed by atoms with Crippen molar-refractivity contribution in [3.05, 3.63) is 34.9 Å². The van der Waals surface area contributed by atoms with Gasteiger partial charge in [0.2, 0.25) is 0 Å². The lowest BCUT2D eigenvalue weighted by Gasteiger charge is -2.38. The summed E-state index contributed by atoms with van der Waals surface area (Å²) in [6.07, 6.45) is 3.49. The Morgan fingerprint density at radius 2 is 1.73 bits per heavy atom. The van der Waals surface area contributed by atoms with Gasteiger partial charge in [-0.15, -0.1) is 0 Å². The molecule has 1 aliphatic rings. The first-order valence-corrected chi connectivity index (χ1v) is 5.88. The predicted molar refractivity (Wildman–Crippen MR) is 64.9 cm³/mol. The highest BCUT2D eigenvalue weighted by molar-refractivity contribution is 6.30. The first-order chi connectivity index (χ1) is 6.96. The van der Waals surface area contributed by atoms with Crippen LogP contribution in [0.1, 0.15) is 38.7 Å². The number of hydrogen-bond donors (Lipinski definition) is 1. The van der Waals surface area contributed by atoms with E-state index in [2.05, 4.69) is 26.0 Å². The Hall–Kier alpha value is -0.530. The Kier molecular flexibility index (Phi) is 2.56. The highest BCUT2D eigenvalue weighted by Crippen LogP contribution is 2.50. The molecule has 1 nitrogen and oxygen atoms in total. The van der Waals surface area contributed by atoms with E-state index in [0.717, 1.165) is 11.4 Å². The first kappa shape index (κ1) is 11.0. The van der Waals surface area contributed by atoms with Crippen LogP contribution in [-0.2, 0) is 5.54 Å². The summed E-state index contributed by atoms with van der Waals surface area (Å²) in [5, 5.41) is 0.776. The summed E-state index contributed by atoms with van der Waals surface area (Å²) in [4.78, 5) is 0. The highest BCUT2D eigenvalue weighted by Gasteiger charge is 2.46. The summed E-state index contributed by atoms with van der Waals surface area (Å²) >= 11 is 5.89. The van der Waals surface area contributed by atoms with E-state index in [1.807, 2.05) is 12.1 Å². The molecule has 1 aliphatic carbocycles.